The lowest BCUT2D eigenvalue weighted by Crippen LogP contribution is -2.30. The summed E-state index contributed by atoms with van der Waals surface area (Å²) in [5.74, 6) is 0.661. The van der Waals surface area contributed by atoms with Crippen molar-refractivity contribution >= 4 is 27.5 Å². The van der Waals surface area contributed by atoms with Gasteiger partial charge in [-0.1, -0.05) is 35.0 Å². The molecule has 96 valence electrons. The summed E-state index contributed by atoms with van der Waals surface area (Å²) in [4.78, 5) is 14.6. The minimum absolute atomic E-state index is 0.318. The summed E-state index contributed by atoms with van der Waals surface area (Å²) < 4.78 is 0. The van der Waals surface area contributed by atoms with Crippen LogP contribution in [0.15, 0.2) is 18.2 Å². The number of nitrogens with zero attached hydrogens (tertiary/aromatic N) is 1. The summed E-state index contributed by atoms with van der Waals surface area (Å²) in [5.41, 5.74) is 3.85. The van der Waals surface area contributed by atoms with E-state index in [-0.39, 0.29) is 0 Å². The van der Waals surface area contributed by atoms with Gasteiger partial charge in [0.25, 0.3) is 0 Å². The van der Waals surface area contributed by atoms with E-state index in [1.807, 2.05) is 4.90 Å². The van der Waals surface area contributed by atoms with Crippen molar-refractivity contribution in [3.63, 3.8) is 0 Å². The number of hydrogen-bond acceptors (Lipinski definition) is 1. The second-order valence-electron chi connectivity index (χ2n) is 5.46. The van der Waals surface area contributed by atoms with Gasteiger partial charge in [-0.2, -0.15) is 0 Å². The van der Waals surface area contributed by atoms with Crippen molar-refractivity contribution in [1.29, 1.82) is 0 Å². The smallest absolute Gasteiger partial charge is 0.230 e. The van der Waals surface area contributed by atoms with Crippen molar-refractivity contribution in [2.45, 2.75) is 37.4 Å². The minimum atomic E-state index is 0.318. The van der Waals surface area contributed by atoms with Crippen LogP contribution in [0.4, 0.5) is 5.69 Å². The van der Waals surface area contributed by atoms with Crippen LogP contribution in [0, 0.1) is 5.92 Å². The number of rotatable bonds is 3. The van der Waals surface area contributed by atoms with Crippen molar-refractivity contribution in [1.82, 2.24) is 0 Å². The molecule has 1 saturated carbocycles. The first-order chi connectivity index (χ1) is 8.65. The van der Waals surface area contributed by atoms with E-state index in [4.69, 9.17) is 0 Å². The zero-order valence-electron chi connectivity index (χ0n) is 10.7. The number of amides is 1. The molecule has 2 nitrogen and oxygen atoms in total. The number of carbonyl (C=O) groups is 1. The molecule has 2 aliphatic rings. The molecule has 1 amide bonds. The van der Waals surface area contributed by atoms with E-state index >= 15 is 0 Å². The molecule has 0 bridgehead atoms. The Bertz CT molecular complexity index is 479. The SMILES string of the molecule is CC(Br)Cc1ccc2c(c1)CCN2C(=O)C1CC1. The van der Waals surface area contributed by atoms with Crippen LogP contribution in [0.1, 0.15) is 30.9 Å². The second-order valence-corrected chi connectivity index (χ2v) is 7.03. The fourth-order valence-electron chi connectivity index (χ4n) is 2.69. The van der Waals surface area contributed by atoms with Crippen LogP contribution < -0.4 is 4.90 Å². The van der Waals surface area contributed by atoms with Crippen LogP contribution in [0.5, 0.6) is 0 Å². The van der Waals surface area contributed by atoms with Crippen molar-refractivity contribution in [2.24, 2.45) is 5.92 Å². The number of benzene rings is 1. The van der Waals surface area contributed by atoms with Gasteiger partial charge < -0.3 is 4.90 Å². The summed E-state index contributed by atoms with van der Waals surface area (Å²) in [5, 5.41) is 0. The fourth-order valence-corrected chi connectivity index (χ4v) is 3.06. The number of fused-ring (bicyclic) bond motifs is 1. The van der Waals surface area contributed by atoms with Gasteiger partial charge in [-0.05, 0) is 42.9 Å². The molecule has 1 unspecified atom stereocenters. The maximum Gasteiger partial charge on any atom is 0.230 e. The molecule has 1 aromatic carbocycles. The maximum atomic E-state index is 12.2. The largest absolute Gasteiger partial charge is 0.312 e. The predicted octanol–water partition coefficient (Wildman–Crippen LogP) is 3.31. The van der Waals surface area contributed by atoms with Crippen LogP contribution >= 0.6 is 15.9 Å². The molecule has 1 fully saturated rings. The van der Waals surface area contributed by atoms with Crippen LogP contribution in [0.25, 0.3) is 0 Å². The Morgan fingerprint density at radius 2 is 2.28 bits per heavy atom. The Kier molecular flexibility index (Phi) is 3.18. The van der Waals surface area contributed by atoms with Gasteiger partial charge in [-0.3, -0.25) is 4.79 Å². The van der Waals surface area contributed by atoms with Crippen LogP contribution in [0.3, 0.4) is 0 Å². The molecule has 18 heavy (non-hydrogen) atoms. The summed E-state index contributed by atoms with van der Waals surface area (Å²) >= 11 is 3.59. The van der Waals surface area contributed by atoms with E-state index in [9.17, 15) is 4.79 Å². The molecular formula is C15H18BrNO. The molecule has 0 saturated heterocycles. The third kappa shape index (κ3) is 2.33. The fraction of sp³-hybridized carbons (Fsp3) is 0.533. The zero-order valence-corrected chi connectivity index (χ0v) is 12.2. The minimum Gasteiger partial charge on any atom is -0.312 e. The van der Waals surface area contributed by atoms with Crippen LogP contribution in [0.2, 0.25) is 0 Å². The first-order valence-corrected chi connectivity index (χ1v) is 7.64. The van der Waals surface area contributed by atoms with Gasteiger partial charge in [0, 0.05) is 23.0 Å². The van der Waals surface area contributed by atoms with Gasteiger partial charge in [0.1, 0.15) is 0 Å². The molecule has 3 rings (SSSR count). The first kappa shape index (κ1) is 12.2. The molecule has 1 atom stereocenters. The average Bonchev–Trinajstić information content (AvgIpc) is 3.08. The standard InChI is InChI=1S/C15H18BrNO/c1-10(16)8-11-2-5-14-13(9-11)6-7-17(14)15(18)12-3-4-12/h2,5,9-10,12H,3-4,6-8H2,1H3. The third-order valence-electron chi connectivity index (χ3n) is 3.75. The highest BCUT2D eigenvalue weighted by Crippen LogP contribution is 2.36. The normalized spacial score (nSPS) is 19.8. The monoisotopic (exact) mass is 307 g/mol. The Morgan fingerprint density at radius 1 is 1.50 bits per heavy atom. The van der Waals surface area contributed by atoms with E-state index in [1.54, 1.807) is 0 Å². The Hall–Kier alpha value is -0.830. The molecule has 1 aromatic rings. The number of carbonyl (C=O) groups excluding carboxylic acids is 1. The molecule has 1 aliphatic carbocycles. The van der Waals surface area contributed by atoms with Crippen molar-refractivity contribution < 1.29 is 4.79 Å². The molecular weight excluding hydrogens is 290 g/mol. The summed E-state index contributed by atoms with van der Waals surface area (Å²) in [6, 6.07) is 6.57. The first-order valence-electron chi connectivity index (χ1n) is 6.72. The molecule has 0 spiro atoms. The zero-order chi connectivity index (χ0) is 12.7. The van der Waals surface area contributed by atoms with Crippen molar-refractivity contribution in [3.05, 3.63) is 29.3 Å². The topological polar surface area (TPSA) is 20.3 Å². The van der Waals surface area contributed by atoms with Crippen LogP contribution in [-0.2, 0) is 17.6 Å². The predicted molar refractivity (Wildman–Crippen MR) is 77.3 cm³/mol. The van der Waals surface area contributed by atoms with E-state index in [2.05, 4.69) is 41.1 Å². The number of alkyl halides is 1. The number of hydrogen-bond donors (Lipinski definition) is 0. The maximum absolute atomic E-state index is 12.2. The number of anilines is 1. The van der Waals surface area contributed by atoms with Crippen molar-refractivity contribution in [2.75, 3.05) is 11.4 Å². The van der Waals surface area contributed by atoms with Gasteiger partial charge in [0.05, 0.1) is 0 Å². The quantitative estimate of drug-likeness (QED) is 0.785. The molecule has 0 aromatic heterocycles. The molecule has 1 heterocycles. The van der Waals surface area contributed by atoms with Gasteiger partial charge in [-0.15, -0.1) is 0 Å². The Labute approximate surface area is 116 Å². The van der Waals surface area contributed by atoms with Gasteiger partial charge in [0.2, 0.25) is 5.91 Å². The molecule has 0 N–H and O–H groups in total. The highest BCUT2D eigenvalue weighted by Gasteiger charge is 2.36. The van der Waals surface area contributed by atoms with E-state index < -0.39 is 0 Å². The average molecular weight is 308 g/mol. The van der Waals surface area contributed by atoms with E-state index in [0.29, 0.717) is 16.7 Å². The van der Waals surface area contributed by atoms with Crippen LogP contribution in [-0.4, -0.2) is 17.3 Å². The summed E-state index contributed by atoms with van der Waals surface area (Å²) in [6.45, 7) is 3.04. The van der Waals surface area contributed by atoms with E-state index in [1.165, 1.54) is 11.1 Å². The third-order valence-corrected chi connectivity index (χ3v) is 4.07. The lowest BCUT2D eigenvalue weighted by Gasteiger charge is -2.17. The number of halogens is 1. The summed E-state index contributed by atoms with van der Waals surface area (Å²) in [7, 11) is 0. The highest BCUT2D eigenvalue weighted by atomic mass is 79.9. The Balaban J connectivity index is 1.82. The van der Waals surface area contributed by atoms with Gasteiger partial charge in [0.15, 0.2) is 0 Å². The highest BCUT2D eigenvalue weighted by molar-refractivity contribution is 9.09. The lowest BCUT2D eigenvalue weighted by atomic mass is 10.0. The Morgan fingerprint density at radius 3 is 2.94 bits per heavy atom. The molecule has 0 radical (unpaired) electrons. The summed E-state index contributed by atoms with van der Waals surface area (Å²) in [6.07, 6.45) is 4.23. The van der Waals surface area contributed by atoms with Crippen molar-refractivity contribution in [3.8, 4) is 0 Å². The van der Waals surface area contributed by atoms with E-state index in [0.717, 1.165) is 37.9 Å². The lowest BCUT2D eigenvalue weighted by molar-refractivity contribution is -0.119. The second kappa shape index (κ2) is 4.69. The molecule has 1 aliphatic heterocycles. The molecule has 3 heteroatoms. The van der Waals surface area contributed by atoms with Gasteiger partial charge >= 0.3 is 0 Å². The van der Waals surface area contributed by atoms with Gasteiger partial charge in [-0.25, -0.2) is 0 Å².